The van der Waals surface area contributed by atoms with Crippen LogP contribution in [0.5, 0.6) is 5.75 Å². The van der Waals surface area contributed by atoms with E-state index in [1.54, 1.807) is 13.0 Å². The third-order valence-electron chi connectivity index (χ3n) is 2.44. The molecular weight excluding hydrogens is 244 g/mol. The lowest BCUT2D eigenvalue weighted by molar-refractivity contribution is -0.368. The molecule has 0 bridgehead atoms. The number of carbonyl (C=O) groups is 1. The smallest absolute Gasteiger partial charge is 0.513 e. The Morgan fingerprint density at radius 1 is 1.21 bits per heavy atom. The second-order valence-corrected chi connectivity index (χ2v) is 4.09. The van der Waals surface area contributed by atoms with Gasteiger partial charge in [-0.3, -0.25) is 0 Å². The highest BCUT2D eigenvalue weighted by molar-refractivity contribution is 5.63. The summed E-state index contributed by atoms with van der Waals surface area (Å²) in [5.74, 6) is 0.520. The average molecular weight is 267 g/mol. The van der Waals surface area contributed by atoms with Gasteiger partial charge < -0.3 is 14.6 Å². The molecule has 0 aliphatic heterocycles. The molecule has 1 aromatic rings. The quantitative estimate of drug-likeness (QED) is 0.621. The first kappa shape index (κ1) is 17.4. The first-order chi connectivity index (χ1) is 9.04. The number of ether oxygens (including phenoxy) is 2. The minimum Gasteiger partial charge on any atom is -0.854 e. The fourth-order valence-corrected chi connectivity index (χ4v) is 1.17. The maximum Gasteiger partial charge on any atom is 0.513 e. The molecule has 0 atom stereocenters. The van der Waals surface area contributed by atoms with E-state index in [4.69, 9.17) is 4.74 Å². The largest absolute Gasteiger partial charge is 0.854 e. The van der Waals surface area contributed by atoms with E-state index in [2.05, 4.69) is 4.74 Å². The Labute approximate surface area is 115 Å². The zero-order valence-corrected chi connectivity index (χ0v) is 12.2. The zero-order chi connectivity index (χ0) is 14.7. The predicted molar refractivity (Wildman–Crippen MR) is 73.3 cm³/mol. The summed E-state index contributed by atoms with van der Waals surface area (Å²) in [4.78, 5) is 11.0. The summed E-state index contributed by atoms with van der Waals surface area (Å²) in [6.07, 6.45) is 1.21. The summed E-state index contributed by atoms with van der Waals surface area (Å²) in [5, 5.41) is 9.53. The number of unbranched alkanes of at least 4 members (excludes halogenated alkanes) is 1. The van der Waals surface area contributed by atoms with E-state index in [1.165, 1.54) is 5.56 Å². The lowest BCUT2D eigenvalue weighted by Crippen LogP contribution is -2.10. The Hall–Kier alpha value is -1.55. The van der Waals surface area contributed by atoms with Crippen LogP contribution in [0.2, 0.25) is 0 Å². The molecule has 108 valence electrons. The topological polar surface area (TPSA) is 58.6 Å². The number of carbonyl (C=O) groups excluding carboxylic acids is 1. The van der Waals surface area contributed by atoms with Crippen molar-refractivity contribution >= 4 is 6.16 Å². The van der Waals surface area contributed by atoms with Gasteiger partial charge in [-0.2, -0.15) is 0 Å². The summed E-state index contributed by atoms with van der Waals surface area (Å²) in [6, 6.07) is 5.47. The van der Waals surface area contributed by atoms with E-state index in [9.17, 15) is 9.90 Å². The monoisotopic (exact) mass is 267 g/mol. The lowest BCUT2D eigenvalue weighted by Gasteiger charge is -2.05. The minimum atomic E-state index is -0.657. The zero-order valence-electron chi connectivity index (χ0n) is 12.2. The molecule has 19 heavy (non-hydrogen) atoms. The van der Waals surface area contributed by atoms with Crippen molar-refractivity contribution in [3.05, 3.63) is 29.3 Å². The van der Waals surface area contributed by atoms with Gasteiger partial charge >= 0.3 is 6.16 Å². The highest BCUT2D eigenvalue weighted by Crippen LogP contribution is 2.16. The maximum absolute atomic E-state index is 11.0. The van der Waals surface area contributed by atoms with Crippen molar-refractivity contribution in [1.29, 1.82) is 0 Å². The Kier molecular flexibility index (Phi) is 9.53. The van der Waals surface area contributed by atoms with Gasteiger partial charge in [0.05, 0.1) is 6.61 Å². The Morgan fingerprint density at radius 2 is 1.89 bits per heavy atom. The van der Waals surface area contributed by atoms with Crippen LogP contribution in [0.25, 0.3) is 0 Å². The summed E-state index contributed by atoms with van der Waals surface area (Å²) in [6.45, 7) is 8.14. The normalized spacial score (nSPS) is 9.32. The van der Waals surface area contributed by atoms with Crippen molar-refractivity contribution in [2.75, 3.05) is 13.2 Å². The van der Waals surface area contributed by atoms with Gasteiger partial charge in [0.1, 0.15) is 5.75 Å². The van der Waals surface area contributed by atoms with E-state index in [0.717, 1.165) is 18.4 Å². The van der Waals surface area contributed by atoms with Crippen molar-refractivity contribution in [3.8, 4) is 5.75 Å². The highest BCUT2D eigenvalue weighted by Gasteiger charge is 2.04. The molecule has 0 heterocycles. The van der Waals surface area contributed by atoms with Crippen LogP contribution in [-0.4, -0.2) is 19.4 Å². The van der Waals surface area contributed by atoms with Crippen LogP contribution in [0.1, 0.15) is 37.8 Å². The summed E-state index contributed by atoms with van der Waals surface area (Å²) >= 11 is 0. The van der Waals surface area contributed by atoms with Crippen LogP contribution in [0.3, 0.4) is 0 Å². The van der Waals surface area contributed by atoms with E-state index >= 15 is 0 Å². The number of aryl methyl sites for hydroxylation is 2. The first-order valence-electron chi connectivity index (χ1n) is 6.55. The van der Waals surface area contributed by atoms with Crippen LogP contribution >= 0.6 is 0 Å². The fraction of sp³-hybridized carbons (Fsp3) is 0.533. The fourth-order valence-electron chi connectivity index (χ4n) is 1.17. The van der Waals surface area contributed by atoms with Crippen LogP contribution in [0.15, 0.2) is 18.2 Å². The molecular formula is C15H23O4-. The van der Waals surface area contributed by atoms with Gasteiger partial charge in [-0.05, 0) is 44.0 Å². The lowest BCUT2D eigenvalue weighted by atomic mass is 10.1. The van der Waals surface area contributed by atoms with Gasteiger partial charge in [0.25, 0.3) is 0 Å². The predicted octanol–water partition coefficient (Wildman–Crippen LogP) is 2.99. The summed E-state index contributed by atoms with van der Waals surface area (Å²) in [5.41, 5.74) is 2.26. The van der Waals surface area contributed by atoms with Crippen molar-refractivity contribution in [2.45, 2.75) is 40.5 Å². The van der Waals surface area contributed by atoms with Gasteiger partial charge in [-0.25, -0.2) is 4.79 Å². The molecule has 0 radical (unpaired) electrons. The minimum absolute atomic E-state index is 0.0938. The SMILES string of the molecule is CCCC[O-].CCOC(=O)Oc1ccc(C)c(C)c1. The average Bonchev–Trinajstić information content (AvgIpc) is 2.36. The molecule has 1 aromatic carbocycles. The van der Waals surface area contributed by atoms with Crippen molar-refractivity contribution in [2.24, 2.45) is 0 Å². The number of hydrogen-bond donors (Lipinski definition) is 0. The van der Waals surface area contributed by atoms with E-state index in [0.29, 0.717) is 12.4 Å². The molecule has 0 aromatic heterocycles. The Morgan fingerprint density at radius 3 is 2.32 bits per heavy atom. The van der Waals surface area contributed by atoms with Gasteiger partial charge in [0, 0.05) is 0 Å². The number of benzene rings is 1. The van der Waals surface area contributed by atoms with E-state index in [-0.39, 0.29) is 6.61 Å². The first-order valence-corrected chi connectivity index (χ1v) is 6.55. The number of hydrogen-bond acceptors (Lipinski definition) is 4. The van der Waals surface area contributed by atoms with Crippen LogP contribution in [0, 0.1) is 13.8 Å². The van der Waals surface area contributed by atoms with Crippen LogP contribution in [-0.2, 0) is 4.74 Å². The van der Waals surface area contributed by atoms with Gasteiger partial charge in [0.15, 0.2) is 0 Å². The van der Waals surface area contributed by atoms with Crippen molar-refractivity contribution in [3.63, 3.8) is 0 Å². The molecule has 0 saturated heterocycles. The van der Waals surface area contributed by atoms with Gasteiger partial charge in [0.2, 0.25) is 0 Å². The Balaban J connectivity index is 0.000000555. The molecule has 4 heteroatoms. The third kappa shape index (κ3) is 8.21. The second kappa shape index (κ2) is 10.4. The summed E-state index contributed by atoms with van der Waals surface area (Å²) < 4.78 is 9.58. The van der Waals surface area contributed by atoms with Gasteiger partial charge in [-0.1, -0.05) is 25.8 Å². The molecule has 0 saturated carbocycles. The number of rotatable bonds is 4. The molecule has 0 aliphatic carbocycles. The molecule has 0 fully saturated rings. The maximum atomic E-state index is 11.0. The van der Waals surface area contributed by atoms with Crippen LogP contribution < -0.4 is 9.84 Å². The molecule has 0 N–H and O–H groups in total. The molecule has 1 rings (SSSR count). The highest BCUT2D eigenvalue weighted by atomic mass is 16.7. The molecule has 4 nitrogen and oxygen atoms in total. The van der Waals surface area contributed by atoms with Crippen molar-refractivity contribution in [1.82, 2.24) is 0 Å². The van der Waals surface area contributed by atoms with Crippen LogP contribution in [0.4, 0.5) is 4.79 Å². The third-order valence-corrected chi connectivity index (χ3v) is 2.44. The molecule has 0 amide bonds. The van der Waals surface area contributed by atoms with E-state index < -0.39 is 6.16 Å². The Bertz CT molecular complexity index is 372. The van der Waals surface area contributed by atoms with E-state index in [1.807, 2.05) is 32.9 Å². The second-order valence-electron chi connectivity index (χ2n) is 4.09. The standard InChI is InChI=1S/C11H14O3.C4H9O/c1-4-13-11(12)14-10-6-5-8(2)9(3)7-10;1-2-3-4-5/h5-7H,4H2,1-3H3;2-4H2,1H3/q;-1. The van der Waals surface area contributed by atoms with Gasteiger partial charge in [-0.15, -0.1) is 6.61 Å². The molecule has 0 aliphatic rings. The molecule has 0 spiro atoms. The molecule has 0 unspecified atom stereocenters. The van der Waals surface area contributed by atoms with Crippen molar-refractivity contribution < 1.29 is 19.4 Å². The summed E-state index contributed by atoms with van der Waals surface area (Å²) in [7, 11) is 0.